The van der Waals surface area contributed by atoms with E-state index < -0.39 is 0 Å². The van der Waals surface area contributed by atoms with Gasteiger partial charge in [0.15, 0.2) is 0 Å². The highest BCUT2D eigenvalue weighted by molar-refractivity contribution is 9.10. The van der Waals surface area contributed by atoms with Crippen LogP contribution in [0.2, 0.25) is 0 Å². The van der Waals surface area contributed by atoms with E-state index in [9.17, 15) is 4.39 Å². The first-order valence-corrected chi connectivity index (χ1v) is 7.86. The highest BCUT2D eigenvalue weighted by Gasteiger charge is 2.18. The van der Waals surface area contributed by atoms with Crippen LogP contribution in [0.5, 0.6) is 0 Å². The van der Waals surface area contributed by atoms with Crippen molar-refractivity contribution in [3.63, 3.8) is 0 Å². The summed E-state index contributed by atoms with van der Waals surface area (Å²) in [5.41, 5.74) is 1.63. The van der Waals surface area contributed by atoms with E-state index in [2.05, 4.69) is 38.4 Å². The monoisotopic (exact) mass is 346 g/mol. The lowest BCUT2D eigenvalue weighted by Crippen LogP contribution is -2.32. The number of nitrogens with one attached hydrogen (secondary N) is 1. The standard InChI is InChI=1S/C17H16BrFN2/c18-13-9-10-16(14(19)11-13)21-17-8-4-7-15(20-17)12-5-2-1-3-6-12/h1-3,5-6,9-11,15H,4,7-8H2,(H,20,21). The van der Waals surface area contributed by atoms with E-state index >= 15 is 0 Å². The molecule has 1 fully saturated rings. The van der Waals surface area contributed by atoms with Crippen LogP contribution in [0, 0.1) is 5.82 Å². The van der Waals surface area contributed by atoms with Crippen molar-refractivity contribution < 1.29 is 4.39 Å². The third-order valence-corrected chi connectivity index (χ3v) is 4.11. The number of hydrogen-bond donors (Lipinski definition) is 1. The van der Waals surface area contributed by atoms with E-state index in [1.807, 2.05) is 18.2 Å². The zero-order chi connectivity index (χ0) is 14.7. The molecule has 108 valence electrons. The fraction of sp³-hybridized carbons (Fsp3) is 0.235. The van der Waals surface area contributed by atoms with Crippen LogP contribution in [0.4, 0.5) is 10.1 Å². The van der Waals surface area contributed by atoms with Crippen LogP contribution in [0.3, 0.4) is 0 Å². The summed E-state index contributed by atoms with van der Waals surface area (Å²) in [7, 11) is 0. The van der Waals surface area contributed by atoms with Crippen LogP contribution < -0.4 is 5.32 Å². The van der Waals surface area contributed by atoms with Gasteiger partial charge in [0.1, 0.15) is 17.3 Å². The fourth-order valence-electron chi connectivity index (χ4n) is 2.56. The minimum absolute atomic E-state index is 0.261. The number of piperidine rings is 1. The molecule has 1 aliphatic heterocycles. The van der Waals surface area contributed by atoms with Crippen LogP contribution in [-0.2, 0) is 0 Å². The molecule has 0 aliphatic carbocycles. The summed E-state index contributed by atoms with van der Waals surface area (Å²) in [6.45, 7) is 0. The molecule has 1 heterocycles. The van der Waals surface area contributed by atoms with Gasteiger partial charge in [0.25, 0.3) is 0 Å². The molecule has 1 atom stereocenters. The molecule has 2 aromatic carbocycles. The van der Waals surface area contributed by atoms with Crippen LogP contribution >= 0.6 is 15.9 Å². The summed E-state index contributed by atoms with van der Waals surface area (Å²) in [6, 6.07) is 15.5. The summed E-state index contributed by atoms with van der Waals surface area (Å²) in [6.07, 6.45) is 2.99. The average molecular weight is 347 g/mol. The van der Waals surface area contributed by atoms with Gasteiger partial charge in [-0.25, -0.2) is 9.38 Å². The highest BCUT2D eigenvalue weighted by atomic mass is 79.9. The average Bonchev–Trinajstić information content (AvgIpc) is 2.51. The molecule has 1 unspecified atom stereocenters. The summed E-state index contributed by atoms with van der Waals surface area (Å²) >= 11 is 3.26. The molecule has 2 aromatic rings. The zero-order valence-electron chi connectivity index (χ0n) is 11.5. The Morgan fingerprint density at radius 3 is 2.71 bits per heavy atom. The first-order chi connectivity index (χ1) is 10.2. The normalized spacial score (nSPS) is 20.3. The molecular formula is C17H16BrFN2. The topological polar surface area (TPSA) is 24.4 Å². The van der Waals surface area contributed by atoms with Gasteiger partial charge in [-0.05, 0) is 36.6 Å². The second-order valence-corrected chi connectivity index (χ2v) is 6.07. The number of aliphatic imine (C=N–C) groups is 1. The van der Waals surface area contributed by atoms with Gasteiger partial charge in [0.05, 0.1) is 6.04 Å². The maximum absolute atomic E-state index is 13.9. The maximum atomic E-state index is 13.9. The SMILES string of the molecule is Fc1cc(Br)ccc1/N=C1/CCCC(c2ccccc2)N1. The fourth-order valence-corrected chi connectivity index (χ4v) is 2.89. The van der Waals surface area contributed by atoms with Gasteiger partial charge < -0.3 is 5.32 Å². The predicted molar refractivity (Wildman–Crippen MR) is 87.4 cm³/mol. The molecule has 0 aromatic heterocycles. The molecule has 21 heavy (non-hydrogen) atoms. The Bertz CT molecular complexity index is 655. The smallest absolute Gasteiger partial charge is 0.149 e. The number of nitrogens with zero attached hydrogens (tertiary/aromatic N) is 1. The quantitative estimate of drug-likeness (QED) is 0.800. The summed E-state index contributed by atoms with van der Waals surface area (Å²) < 4.78 is 14.6. The highest BCUT2D eigenvalue weighted by Crippen LogP contribution is 2.26. The van der Waals surface area contributed by atoms with Crippen molar-refractivity contribution in [1.82, 2.24) is 5.32 Å². The van der Waals surface area contributed by atoms with Gasteiger partial charge in [-0.2, -0.15) is 0 Å². The van der Waals surface area contributed by atoms with Crippen LogP contribution in [-0.4, -0.2) is 5.84 Å². The van der Waals surface area contributed by atoms with Gasteiger partial charge in [-0.1, -0.05) is 46.3 Å². The van der Waals surface area contributed by atoms with Gasteiger partial charge in [0.2, 0.25) is 0 Å². The molecule has 0 spiro atoms. The lowest BCUT2D eigenvalue weighted by atomic mass is 9.97. The lowest BCUT2D eigenvalue weighted by molar-refractivity contribution is 0.526. The van der Waals surface area contributed by atoms with Crippen LogP contribution in [0.15, 0.2) is 58.0 Å². The Morgan fingerprint density at radius 2 is 1.95 bits per heavy atom. The molecule has 0 saturated carbocycles. The number of amidine groups is 1. The molecule has 3 rings (SSSR count). The third kappa shape index (κ3) is 3.50. The molecule has 1 N–H and O–H groups in total. The molecular weight excluding hydrogens is 331 g/mol. The molecule has 0 radical (unpaired) electrons. The molecule has 2 nitrogen and oxygen atoms in total. The van der Waals surface area contributed by atoms with E-state index in [4.69, 9.17) is 0 Å². The van der Waals surface area contributed by atoms with Crippen molar-refractivity contribution in [3.05, 3.63) is 64.4 Å². The molecule has 1 saturated heterocycles. The van der Waals surface area contributed by atoms with Crippen molar-refractivity contribution in [2.45, 2.75) is 25.3 Å². The number of rotatable bonds is 2. The second kappa shape index (κ2) is 6.39. The van der Waals surface area contributed by atoms with Crippen molar-refractivity contribution in [2.24, 2.45) is 4.99 Å². The van der Waals surface area contributed by atoms with Gasteiger partial charge in [-0.3, -0.25) is 0 Å². The molecule has 4 heteroatoms. The van der Waals surface area contributed by atoms with E-state index in [-0.39, 0.29) is 11.9 Å². The van der Waals surface area contributed by atoms with E-state index in [0.717, 1.165) is 29.6 Å². The minimum Gasteiger partial charge on any atom is -0.367 e. The third-order valence-electron chi connectivity index (χ3n) is 3.61. The van der Waals surface area contributed by atoms with Crippen LogP contribution in [0.25, 0.3) is 0 Å². The Hall–Kier alpha value is -1.68. The summed E-state index contributed by atoms with van der Waals surface area (Å²) in [4.78, 5) is 4.44. The maximum Gasteiger partial charge on any atom is 0.149 e. The van der Waals surface area contributed by atoms with Crippen molar-refractivity contribution in [2.75, 3.05) is 0 Å². The number of benzene rings is 2. The first kappa shape index (κ1) is 14.3. The Balaban J connectivity index is 1.81. The Morgan fingerprint density at radius 1 is 1.14 bits per heavy atom. The Kier molecular flexibility index (Phi) is 4.34. The number of halogens is 2. The summed E-state index contributed by atoms with van der Waals surface area (Å²) in [5, 5.41) is 3.43. The minimum atomic E-state index is -0.305. The second-order valence-electron chi connectivity index (χ2n) is 5.15. The molecule has 0 bridgehead atoms. The number of hydrogen-bond acceptors (Lipinski definition) is 1. The van der Waals surface area contributed by atoms with E-state index in [1.54, 1.807) is 12.1 Å². The Labute approximate surface area is 132 Å². The molecule has 0 amide bonds. The van der Waals surface area contributed by atoms with Gasteiger partial charge >= 0.3 is 0 Å². The van der Waals surface area contributed by atoms with Crippen LogP contribution in [0.1, 0.15) is 30.9 Å². The van der Waals surface area contributed by atoms with E-state index in [1.165, 1.54) is 11.6 Å². The zero-order valence-corrected chi connectivity index (χ0v) is 13.1. The van der Waals surface area contributed by atoms with E-state index in [0.29, 0.717) is 5.69 Å². The largest absolute Gasteiger partial charge is 0.367 e. The van der Waals surface area contributed by atoms with Gasteiger partial charge in [0, 0.05) is 10.9 Å². The first-order valence-electron chi connectivity index (χ1n) is 7.06. The summed E-state index contributed by atoms with van der Waals surface area (Å²) in [5.74, 6) is 0.553. The van der Waals surface area contributed by atoms with Gasteiger partial charge in [-0.15, -0.1) is 0 Å². The van der Waals surface area contributed by atoms with Crippen molar-refractivity contribution >= 4 is 27.5 Å². The van der Waals surface area contributed by atoms with Crippen molar-refractivity contribution in [1.29, 1.82) is 0 Å². The molecule has 1 aliphatic rings. The van der Waals surface area contributed by atoms with Crippen molar-refractivity contribution in [3.8, 4) is 0 Å². The lowest BCUT2D eigenvalue weighted by Gasteiger charge is -2.26. The predicted octanol–water partition coefficient (Wildman–Crippen LogP) is 5.13.